The standard InChI is InChI=1S/C17H23N7O2/c18-16(25)15-2-1-8-23(11-15)9-7-19-17(26)14-5-3-13(4-6-14)10-24-12-20-21-22-24/h3-6,12,15H,1-2,7-11H2,(H2,18,25)(H,19,26)/t15-/m0/s1. The van der Waals surface area contributed by atoms with Gasteiger partial charge in [0.05, 0.1) is 12.5 Å². The summed E-state index contributed by atoms with van der Waals surface area (Å²) in [5.41, 5.74) is 7.01. The monoisotopic (exact) mass is 357 g/mol. The maximum absolute atomic E-state index is 12.2. The van der Waals surface area contributed by atoms with Gasteiger partial charge in [0, 0.05) is 25.2 Å². The highest BCUT2D eigenvalue weighted by molar-refractivity contribution is 5.94. The summed E-state index contributed by atoms with van der Waals surface area (Å²) in [6, 6.07) is 7.36. The molecule has 26 heavy (non-hydrogen) atoms. The lowest BCUT2D eigenvalue weighted by Crippen LogP contribution is -2.44. The van der Waals surface area contributed by atoms with Crippen LogP contribution in [0.15, 0.2) is 30.6 Å². The number of carbonyl (C=O) groups excluding carboxylic acids is 2. The normalized spacial score (nSPS) is 17.8. The molecular formula is C17H23N7O2. The molecule has 1 aromatic heterocycles. The highest BCUT2D eigenvalue weighted by atomic mass is 16.2. The Morgan fingerprint density at radius 2 is 2.08 bits per heavy atom. The zero-order valence-corrected chi connectivity index (χ0v) is 14.5. The molecule has 2 heterocycles. The zero-order chi connectivity index (χ0) is 18.4. The molecule has 9 heteroatoms. The van der Waals surface area contributed by atoms with Gasteiger partial charge in [-0.3, -0.25) is 9.59 Å². The third kappa shape index (κ3) is 4.85. The molecule has 0 spiro atoms. The second-order valence-electron chi connectivity index (χ2n) is 6.50. The molecule has 1 atom stereocenters. The highest BCUT2D eigenvalue weighted by Crippen LogP contribution is 2.15. The van der Waals surface area contributed by atoms with E-state index in [9.17, 15) is 9.59 Å². The van der Waals surface area contributed by atoms with Gasteiger partial charge in [-0.2, -0.15) is 0 Å². The van der Waals surface area contributed by atoms with Gasteiger partial charge >= 0.3 is 0 Å². The van der Waals surface area contributed by atoms with E-state index in [0.29, 0.717) is 31.7 Å². The van der Waals surface area contributed by atoms with Gasteiger partial charge in [-0.25, -0.2) is 4.68 Å². The summed E-state index contributed by atoms with van der Waals surface area (Å²) in [4.78, 5) is 25.7. The fourth-order valence-electron chi connectivity index (χ4n) is 3.12. The third-order valence-electron chi connectivity index (χ3n) is 4.57. The highest BCUT2D eigenvalue weighted by Gasteiger charge is 2.23. The first-order chi connectivity index (χ1) is 12.6. The molecule has 1 aromatic carbocycles. The van der Waals surface area contributed by atoms with Crippen LogP contribution in [0.1, 0.15) is 28.8 Å². The summed E-state index contributed by atoms with van der Waals surface area (Å²) in [7, 11) is 0. The third-order valence-corrected chi connectivity index (χ3v) is 4.57. The quantitative estimate of drug-likeness (QED) is 0.699. The van der Waals surface area contributed by atoms with Gasteiger partial charge in [0.15, 0.2) is 0 Å². The minimum atomic E-state index is -0.236. The van der Waals surface area contributed by atoms with Crippen molar-refractivity contribution in [3.05, 3.63) is 41.7 Å². The van der Waals surface area contributed by atoms with E-state index in [1.165, 1.54) is 0 Å². The van der Waals surface area contributed by atoms with Crippen LogP contribution < -0.4 is 11.1 Å². The topological polar surface area (TPSA) is 119 Å². The molecule has 1 aliphatic rings. The molecule has 0 aliphatic carbocycles. The maximum Gasteiger partial charge on any atom is 0.251 e. The first-order valence-electron chi connectivity index (χ1n) is 8.71. The summed E-state index contributed by atoms with van der Waals surface area (Å²) < 4.78 is 1.62. The Hall–Kier alpha value is -2.81. The lowest BCUT2D eigenvalue weighted by atomic mass is 9.97. The summed E-state index contributed by atoms with van der Waals surface area (Å²) in [5.74, 6) is -0.421. The summed E-state index contributed by atoms with van der Waals surface area (Å²) >= 11 is 0. The molecule has 3 N–H and O–H groups in total. The maximum atomic E-state index is 12.2. The summed E-state index contributed by atoms with van der Waals surface area (Å²) in [5, 5.41) is 13.9. The van der Waals surface area contributed by atoms with Crippen LogP contribution in [-0.4, -0.2) is 63.1 Å². The van der Waals surface area contributed by atoms with Gasteiger partial charge < -0.3 is 16.0 Å². The van der Waals surface area contributed by atoms with Crippen LogP contribution in [0, 0.1) is 5.92 Å². The smallest absolute Gasteiger partial charge is 0.251 e. The van der Waals surface area contributed by atoms with E-state index >= 15 is 0 Å². The van der Waals surface area contributed by atoms with Crippen LogP contribution in [0.4, 0.5) is 0 Å². The van der Waals surface area contributed by atoms with Crippen molar-refractivity contribution in [2.75, 3.05) is 26.2 Å². The minimum Gasteiger partial charge on any atom is -0.369 e. The zero-order valence-electron chi connectivity index (χ0n) is 14.5. The van der Waals surface area contributed by atoms with E-state index in [4.69, 9.17) is 5.73 Å². The van der Waals surface area contributed by atoms with E-state index in [0.717, 1.165) is 24.9 Å². The van der Waals surface area contributed by atoms with Gasteiger partial charge in [-0.1, -0.05) is 12.1 Å². The molecule has 1 saturated heterocycles. The molecule has 0 bridgehead atoms. The van der Waals surface area contributed by atoms with Crippen LogP contribution in [-0.2, 0) is 11.3 Å². The Morgan fingerprint density at radius 3 is 2.77 bits per heavy atom. The first-order valence-corrected chi connectivity index (χ1v) is 8.71. The van der Waals surface area contributed by atoms with Crippen molar-refractivity contribution in [2.24, 2.45) is 11.7 Å². The van der Waals surface area contributed by atoms with Crippen molar-refractivity contribution in [1.29, 1.82) is 0 Å². The van der Waals surface area contributed by atoms with E-state index in [2.05, 4.69) is 25.7 Å². The summed E-state index contributed by atoms with van der Waals surface area (Å²) in [6.45, 7) is 3.43. The summed E-state index contributed by atoms with van der Waals surface area (Å²) in [6.07, 6.45) is 3.36. The largest absolute Gasteiger partial charge is 0.369 e. The van der Waals surface area contributed by atoms with Gasteiger partial charge in [0.25, 0.3) is 5.91 Å². The number of tetrazole rings is 1. The molecule has 3 rings (SSSR count). The van der Waals surface area contributed by atoms with Gasteiger partial charge in [0.1, 0.15) is 6.33 Å². The average Bonchev–Trinajstić information content (AvgIpc) is 3.15. The SMILES string of the molecule is NC(=O)[C@H]1CCCN(CCNC(=O)c2ccc(Cn3cnnn3)cc2)C1. The Balaban J connectivity index is 1.44. The Labute approximate surface area is 151 Å². The number of carbonyl (C=O) groups is 2. The van der Waals surface area contributed by atoms with E-state index in [1.54, 1.807) is 23.1 Å². The number of benzene rings is 1. The number of rotatable bonds is 7. The van der Waals surface area contributed by atoms with Crippen LogP contribution >= 0.6 is 0 Å². The van der Waals surface area contributed by atoms with Crippen LogP contribution in [0.2, 0.25) is 0 Å². The van der Waals surface area contributed by atoms with E-state index in [-0.39, 0.29) is 17.7 Å². The van der Waals surface area contributed by atoms with Crippen molar-refractivity contribution >= 4 is 11.8 Å². The second kappa shape index (κ2) is 8.52. The van der Waals surface area contributed by atoms with Crippen LogP contribution in [0.5, 0.6) is 0 Å². The van der Waals surface area contributed by atoms with Crippen LogP contribution in [0.3, 0.4) is 0 Å². The Kier molecular flexibility index (Phi) is 5.90. The van der Waals surface area contributed by atoms with E-state index in [1.807, 2.05) is 12.1 Å². The molecule has 0 saturated carbocycles. The molecule has 0 radical (unpaired) electrons. The number of likely N-dealkylation sites (tertiary alicyclic amines) is 1. The number of hydrogen-bond donors (Lipinski definition) is 2. The molecule has 2 aromatic rings. The Morgan fingerprint density at radius 1 is 1.27 bits per heavy atom. The van der Waals surface area contributed by atoms with Crippen molar-refractivity contribution in [3.8, 4) is 0 Å². The number of primary amides is 1. The average molecular weight is 357 g/mol. The number of aromatic nitrogens is 4. The molecule has 1 aliphatic heterocycles. The molecule has 9 nitrogen and oxygen atoms in total. The first kappa shape index (κ1) is 18.0. The van der Waals surface area contributed by atoms with Crippen molar-refractivity contribution in [1.82, 2.24) is 30.4 Å². The number of nitrogens with zero attached hydrogens (tertiary/aromatic N) is 5. The molecule has 1 fully saturated rings. The lowest BCUT2D eigenvalue weighted by molar-refractivity contribution is -0.123. The number of nitrogens with one attached hydrogen (secondary N) is 1. The minimum absolute atomic E-state index is 0.0767. The molecule has 0 unspecified atom stereocenters. The second-order valence-corrected chi connectivity index (χ2v) is 6.50. The predicted octanol–water partition coefficient (Wildman–Crippen LogP) is -0.351. The molecule has 138 valence electrons. The lowest BCUT2D eigenvalue weighted by Gasteiger charge is -2.31. The van der Waals surface area contributed by atoms with Gasteiger partial charge in [-0.05, 0) is 47.5 Å². The number of nitrogens with two attached hydrogens (primary N) is 1. The van der Waals surface area contributed by atoms with Crippen molar-refractivity contribution < 1.29 is 9.59 Å². The van der Waals surface area contributed by atoms with Crippen molar-refractivity contribution in [2.45, 2.75) is 19.4 Å². The predicted molar refractivity (Wildman–Crippen MR) is 94.1 cm³/mol. The number of amides is 2. The fourth-order valence-corrected chi connectivity index (χ4v) is 3.12. The van der Waals surface area contributed by atoms with Crippen LogP contribution in [0.25, 0.3) is 0 Å². The Bertz CT molecular complexity index is 730. The van der Waals surface area contributed by atoms with Gasteiger partial charge in [-0.15, -0.1) is 5.10 Å². The molecular weight excluding hydrogens is 334 g/mol. The number of piperidine rings is 1. The van der Waals surface area contributed by atoms with Crippen molar-refractivity contribution in [3.63, 3.8) is 0 Å². The molecule has 2 amide bonds. The van der Waals surface area contributed by atoms with Gasteiger partial charge in [0.2, 0.25) is 5.91 Å². The van der Waals surface area contributed by atoms with E-state index < -0.39 is 0 Å². The fraction of sp³-hybridized carbons (Fsp3) is 0.471. The number of hydrogen-bond acceptors (Lipinski definition) is 6.